The van der Waals surface area contributed by atoms with Crippen LogP contribution in [0.1, 0.15) is 12.5 Å². The van der Waals surface area contributed by atoms with Crippen molar-refractivity contribution in [3.05, 3.63) is 82.1 Å². The van der Waals surface area contributed by atoms with Crippen molar-refractivity contribution in [1.29, 1.82) is 0 Å². The number of aromatic nitrogens is 3. The number of nitrogens with one attached hydrogen (secondary N) is 1. The predicted molar refractivity (Wildman–Crippen MR) is 115 cm³/mol. The van der Waals surface area contributed by atoms with E-state index in [4.69, 9.17) is 0 Å². The average molecular weight is 422 g/mol. The molecule has 0 aliphatic heterocycles. The molecule has 8 heteroatoms. The number of hydrogen-bond acceptors (Lipinski definition) is 5. The summed E-state index contributed by atoms with van der Waals surface area (Å²) in [7, 11) is 0. The molecule has 0 spiro atoms. The average Bonchev–Trinajstić information content (AvgIpc) is 2.74. The summed E-state index contributed by atoms with van der Waals surface area (Å²) in [6, 6.07) is 12.8. The minimum atomic E-state index is -0.575. The van der Waals surface area contributed by atoms with Gasteiger partial charge in [-0.2, -0.15) is 4.98 Å². The number of aryl methyl sites for hydroxylation is 1. The van der Waals surface area contributed by atoms with Crippen molar-refractivity contribution in [2.24, 2.45) is 0 Å². The van der Waals surface area contributed by atoms with Crippen LogP contribution in [0.2, 0.25) is 0 Å². The maximum Gasteiger partial charge on any atom is 0.256 e. The van der Waals surface area contributed by atoms with Crippen molar-refractivity contribution in [1.82, 2.24) is 14.5 Å². The fourth-order valence-electron chi connectivity index (χ4n) is 3.41. The Morgan fingerprint density at radius 3 is 2.58 bits per heavy atom. The Balaban J connectivity index is 2.09. The maximum atomic E-state index is 14.6. The highest BCUT2D eigenvalue weighted by Gasteiger charge is 2.18. The summed E-state index contributed by atoms with van der Waals surface area (Å²) in [5.41, 5.74) is 1.54. The van der Waals surface area contributed by atoms with Crippen LogP contribution in [0.3, 0.4) is 0 Å². The van der Waals surface area contributed by atoms with Crippen molar-refractivity contribution >= 4 is 17.0 Å². The number of rotatable bonds is 5. The van der Waals surface area contributed by atoms with E-state index in [0.717, 1.165) is 0 Å². The van der Waals surface area contributed by atoms with Crippen LogP contribution < -0.4 is 10.9 Å². The minimum absolute atomic E-state index is 0.0553. The van der Waals surface area contributed by atoms with E-state index in [-0.39, 0.29) is 35.7 Å². The normalized spacial score (nSPS) is 12.2. The molecule has 0 fully saturated rings. The van der Waals surface area contributed by atoms with Crippen molar-refractivity contribution < 1.29 is 13.9 Å². The number of para-hydroxylation sites is 1. The molecular formula is C23H20F2N4O2. The maximum absolute atomic E-state index is 14.6. The second kappa shape index (κ2) is 8.23. The van der Waals surface area contributed by atoms with Crippen LogP contribution in [0.15, 0.2) is 59.4 Å². The summed E-state index contributed by atoms with van der Waals surface area (Å²) in [6.45, 7) is 3.33. The third-order valence-corrected chi connectivity index (χ3v) is 4.94. The summed E-state index contributed by atoms with van der Waals surface area (Å²) in [5, 5.41) is 12.9. The van der Waals surface area contributed by atoms with E-state index >= 15 is 0 Å². The SMILES string of the molecule is Cc1cc(F)ccc1-c1nc(NC(C)CO)nc2c1ccc(=O)n2-c1ccccc1F. The number of anilines is 1. The van der Waals surface area contributed by atoms with E-state index in [1.165, 1.54) is 41.0 Å². The second-order valence-corrected chi connectivity index (χ2v) is 7.28. The lowest BCUT2D eigenvalue weighted by Crippen LogP contribution is -2.23. The Bertz CT molecular complexity index is 1340. The van der Waals surface area contributed by atoms with Gasteiger partial charge in [-0.15, -0.1) is 0 Å². The summed E-state index contributed by atoms with van der Waals surface area (Å²) < 4.78 is 29.5. The summed E-state index contributed by atoms with van der Waals surface area (Å²) in [4.78, 5) is 21.8. The highest BCUT2D eigenvalue weighted by molar-refractivity contribution is 5.93. The molecule has 0 bridgehead atoms. The molecule has 2 aromatic carbocycles. The van der Waals surface area contributed by atoms with Gasteiger partial charge in [-0.25, -0.2) is 13.8 Å². The molecule has 0 saturated heterocycles. The third kappa shape index (κ3) is 3.89. The number of pyridine rings is 1. The van der Waals surface area contributed by atoms with Crippen LogP contribution in [0.5, 0.6) is 0 Å². The molecule has 4 aromatic rings. The van der Waals surface area contributed by atoms with Gasteiger partial charge in [0.25, 0.3) is 5.56 Å². The third-order valence-electron chi connectivity index (χ3n) is 4.94. The molecular weight excluding hydrogens is 402 g/mol. The highest BCUT2D eigenvalue weighted by Crippen LogP contribution is 2.30. The van der Waals surface area contributed by atoms with Crippen LogP contribution in [0.25, 0.3) is 28.0 Å². The number of fused-ring (bicyclic) bond motifs is 1. The molecule has 1 unspecified atom stereocenters. The van der Waals surface area contributed by atoms with Gasteiger partial charge in [0.05, 0.1) is 18.0 Å². The van der Waals surface area contributed by atoms with Crippen molar-refractivity contribution in [3.63, 3.8) is 0 Å². The highest BCUT2D eigenvalue weighted by atomic mass is 19.1. The number of benzene rings is 2. The Hall–Kier alpha value is -3.65. The number of nitrogens with zero attached hydrogens (tertiary/aromatic N) is 3. The Labute approximate surface area is 176 Å². The molecule has 0 aliphatic carbocycles. The van der Waals surface area contributed by atoms with Crippen molar-refractivity contribution in [2.45, 2.75) is 19.9 Å². The van der Waals surface area contributed by atoms with Crippen LogP contribution >= 0.6 is 0 Å². The van der Waals surface area contributed by atoms with Gasteiger partial charge >= 0.3 is 0 Å². The fourth-order valence-corrected chi connectivity index (χ4v) is 3.41. The molecule has 0 aliphatic rings. The topological polar surface area (TPSA) is 80.0 Å². The molecule has 0 amide bonds. The predicted octanol–water partition coefficient (Wildman–Crippen LogP) is 3.83. The smallest absolute Gasteiger partial charge is 0.256 e. The van der Waals surface area contributed by atoms with Crippen LogP contribution in [-0.4, -0.2) is 32.3 Å². The zero-order chi connectivity index (χ0) is 22.1. The lowest BCUT2D eigenvalue weighted by Gasteiger charge is -2.17. The van der Waals surface area contributed by atoms with E-state index < -0.39 is 11.4 Å². The zero-order valence-electron chi connectivity index (χ0n) is 16.9. The first kappa shape index (κ1) is 20.6. The van der Waals surface area contributed by atoms with Gasteiger partial charge in [0, 0.05) is 23.1 Å². The van der Waals surface area contributed by atoms with E-state index in [0.29, 0.717) is 22.2 Å². The van der Waals surface area contributed by atoms with Crippen LogP contribution in [-0.2, 0) is 0 Å². The van der Waals surface area contributed by atoms with E-state index in [2.05, 4.69) is 15.3 Å². The number of aliphatic hydroxyl groups excluding tert-OH is 1. The lowest BCUT2D eigenvalue weighted by molar-refractivity contribution is 0.281. The van der Waals surface area contributed by atoms with Gasteiger partial charge in [-0.05, 0) is 55.8 Å². The largest absolute Gasteiger partial charge is 0.394 e. The molecule has 2 aromatic heterocycles. The van der Waals surface area contributed by atoms with Gasteiger partial charge in [0.15, 0.2) is 5.65 Å². The lowest BCUT2D eigenvalue weighted by atomic mass is 10.0. The molecule has 4 rings (SSSR count). The zero-order valence-corrected chi connectivity index (χ0v) is 16.9. The molecule has 2 heterocycles. The van der Waals surface area contributed by atoms with Gasteiger partial charge in [0.1, 0.15) is 11.6 Å². The second-order valence-electron chi connectivity index (χ2n) is 7.28. The van der Waals surface area contributed by atoms with E-state index in [1.807, 2.05) is 0 Å². The first-order valence-corrected chi connectivity index (χ1v) is 9.71. The van der Waals surface area contributed by atoms with Gasteiger partial charge in [-0.3, -0.25) is 9.36 Å². The Morgan fingerprint density at radius 2 is 1.87 bits per heavy atom. The Morgan fingerprint density at radius 1 is 1.10 bits per heavy atom. The molecule has 0 saturated carbocycles. The number of aliphatic hydroxyl groups is 1. The van der Waals surface area contributed by atoms with E-state index in [9.17, 15) is 18.7 Å². The number of hydrogen-bond donors (Lipinski definition) is 2. The van der Waals surface area contributed by atoms with Gasteiger partial charge in [0.2, 0.25) is 5.95 Å². The van der Waals surface area contributed by atoms with Crippen LogP contribution in [0.4, 0.5) is 14.7 Å². The van der Waals surface area contributed by atoms with Crippen LogP contribution in [0, 0.1) is 18.6 Å². The van der Waals surface area contributed by atoms with Gasteiger partial charge < -0.3 is 10.4 Å². The molecule has 0 radical (unpaired) electrons. The first-order valence-electron chi connectivity index (χ1n) is 9.71. The summed E-state index contributed by atoms with van der Waals surface area (Å²) >= 11 is 0. The van der Waals surface area contributed by atoms with Crippen molar-refractivity contribution in [2.75, 3.05) is 11.9 Å². The molecule has 1 atom stereocenters. The Kier molecular flexibility index (Phi) is 5.48. The van der Waals surface area contributed by atoms with Gasteiger partial charge in [-0.1, -0.05) is 12.1 Å². The van der Waals surface area contributed by atoms with Crippen molar-refractivity contribution in [3.8, 4) is 16.9 Å². The molecule has 2 N–H and O–H groups in total. The monoisotopic (exact) mass is 422 g/mol. The molecule has 6 nitrogen and oxygen atoms in total. The van der Waals surface area contributed by atoms with E-state index in [1.54, 1.807) is 32.0 Å². The standard InChI is InChI=1S/C23H20F2N4O2/c1-13-11-15(24)7-8-16(13)21-17-9-10-20(31)29(19-6-4-3-5-18(19)25)22(17)28-23(27-21)26-14(2)12-30/h3-11,14,30H,12H2,1-2H3,(H,26,27,28). The summed E-state index contributed by atoms with van der Waals surface area (Å²) in [6.07, 6.45) is 0. The summed E-state index contributed by atoms with van der Waals surface area (Å²) in [5.74, 6) is -0.799. The molecule has 158 valence electrons. The minimum Gasteiger partial charge on any atom is -0.394 e. The number of halogens is 2. The first-order chi connectivity index (χ1) is 14.9. The fraction of sp³-hybridized carbons (Fsp3) is 0.174. The molecule has 31 heavy (non-hydrogen) atoms. The quantitative estimate of drug-likeness (QED) is 0.511.